The van der Waals surface area contributed by atoms with Crippen molar-refractivity contribution < 1.29 is 32.6 Å². The number of halogens is 3. The molecule has 1 saturated heterocycles. The van der Waals surface area contributed by atoms with Crippen LogP contribution in [-0.2, 0) is 14.3 Å². The Morgan fingerprint density at radius 1 is 1.08 bits per heavy atom. The molecule has 3 atom stereocenters. The van der Waals surface area contributed by atoms with Gasteiger partial charge in [-0.15, -0.1) is 0 Å². The van der Waals surface area contributed by atoms with E-state index in [1.165, 1.54) is 0 Å². The van der Waals surface area contributed by atoms with E-state index in [4.69, 9.17) is 4.74 Å². The first kappa shape index (κ1) is 19.0. The minimum absolute atomic E-state index is 0.0779. The molecule has 0 radical (unpaired) electrons. The van der Waals surface area contributed by atoms with E-state index in [1.807, 2.05) is 0 Å². The summed E-state index contributed by atoms with van der Waals surface area (Å²) in [6, 6.07) is -0.337. The molecule has 2 rings (SSSR count). The van der Waals surface area contributed by atoms with Gasteiger partial charge in [0.05, 0.1) is 25.2 Å². The van der Waals surface area contributed by atoms with E-state index in [-0.39, 0.29) is 25.0 Å². The summed E-state index contributed by atoms with van der Waals surface area (Å²) in [4.78, 5) is 23.4. The fourth-order valence-electron chi connectivity index (χ4n) is 2.77. The number of hydrogen-bond donors (Lipinski definition) is 3. The first-order chi connectivity index (χ1) is 11.3. The van der Waals surface area contributed by atoms with Gasteiger partial charge in [0.25, 0.3) is 0 Å². The molecule has 138 valence electrons. The summed E-state index contributed by atoms with van der Waals surface area (Å²) in [5, 5.41) is 14.0. The molecule has 2 amide bonds. The molecule has 6 nitrogen and oxygen atoms in total. The lowest BCUT2D eigenvalue weighted by molar-refractivity contribution is -0.144. The highest BCUT2D eigenvalue weighted by Gasteiger charge is 2.34. The second-order valence-corrected chi connectivity index (χ2v) is 6.47. The molecule has 0 unspecified atom stereocenters. The van der Waals surface area contributed by atoms with Crippen LogP contribution in [0.5, 0.6) is 0 Å². The number of aliphatic hydroxyl groups is 1. The van der Waals surface area contributed by atoms with Gasteiger partial charge in [-0.3, -0.25) is 9.59 Å². The molecule has 0 aromatic heterocycles. The molecular formula is C15H23F3N2O4. The van der Waals surface area contributed by atoms with Crippen LogP contribution < -0.4 is 10.6 Å². The molecule has 0 aromatic carbocycles. The van der Waals surface area contributed by atoms with Crippen LogP contribution in [0.1, 0.15) is 38.5 Å². The molecule has 24 heavy (non-hydrogen) atoms. The van der Waals surface area contributed by atoms with Gasteiger partial charge in [0.2, 0.25) is 11.8 Å². The Bertz CT molecular complexity index is 454. The van der Waals surface area contributed by atoms with E-state index < -0.39 is 30.8 Å². The van der Waals surface area contributed by atoms with Crippen molar-refractivity contribution in [3.8, 4) is 0 Å². The van der Waals surface area contributed by atoms with E-state index in [0.29, 0.717) is 25.2 Å². The van der Waals surface area contributed by atoms with Gasteiger partial charge in [-0.2, -0.15) is 13.2 Å². The average Bonchev–Trinajstić information content (AvgIpc) is 3.30. The van der Waals surface area contributed by atoms with Gasteiger partial charge < -0.3 is 20.5 Å². The third-order valence-electron chi connectivity index (χ3n) is 4.21. The van der Waals surface area contributed by atoms with E-state index >= 15 is 0 Å². The van der Waals surface area contributed by atoms with Crippen LogP contribution in [0, 0.1) is 5.92 Å². The molecule has 2 aliphatic rings. The Morgan fingerprint density at radius 3 is 2.38 bits per heavy atom. The fourth-order valence-corrected chi connectivity index (χ4v) is 2.77. The van der Waals surface area contributed by atoms with Crippen LogP contribution in [0.3, 0.4) is 0 Å². The van der Waals surface area contributed by atoms with E-state index in [2.05, 4.69) is 5.32 Å². The number of aliphatic hydroxyl groups excluding tert-OH is 1. The quantitative estimate of drug-likeness (QED) is 0.635. The molecule has 1 heterocycles. The minimum Gasteiger partial charge on any atom is -0.394 e. The minimum atomic E-state index is -4.45. The lowest BCUT2D eigenvalue weighted by Crippen LogP contribution is -2.51. The van der Waals surface area contributed by atoms with Crippen LogP contribution in [0.4, 0.5) is 13.2 Å². The predicted molar refractivity (Wildman–Crippen MR) is 77.9 cm³/mol. The zero-order chi connectivity index (χ0) is 17.7. The Labute approximate surface area is 138 Å². The number of rotatable bonds is 7. The second kappa shape index (κ2) is 8.15. The van der Waals surface area contributed by atoms with E-state index in [0.717, 1.165) is 12.8 Å². The normalized spacial score (nSPS) is 27.6. The smallest absolute Gasteiger partial charge is 0.394 e. The summed E-state index contributed by atoms with van der Waals surface area (Å²) in [6.45, 7) is -1.70. The van der Waals surface area contributed by atoms with Crippen molar-refractivity contribution in [3.63, 3.8) is 0 Å². The maximum absolute atomic E-state index is 12.1. The van der Waals surface area contributed by atoms with Crippen LogP contribution >= 0.6 is 0 Å². The number of carbonyl (C=O) groups excluding carboxylic acids is 2. The molecule has 3 N–H and O–H groups in total. The summed E-state index contributed by atoms with van der Waals surface area (Å²) < 4.78 is 41.7. The first-order valence-electron chi connectivity index (χ1n) is 8.16. The summed E-state index contributed by atoms with van der Waals surface area (Å²) in [5.41, 5.74) is 0. The van der Waals surface area contributed by atoms with Crippen molar-refractivity contribution in [2.24, 2.45) is 5.92 Å². The van der Waals surface area contributed by atoms with Crippen LogP contribution in [0.25, 0.3) is 0 Å². The topological polar surface area (TPSA) is 87.7 Å². The van der Waals surface area contributed by atoms with Crippen molar-refractivity contribution in [1.82, 2.24) is 10.6 Å². The number of alkyl halides is 3. The highest BCUT2D eigenvalue weighted by atomic mass is 19.4. The standard InChI is InChI=1S/C15H23F3N2O4/c16-15(17,18)8-19-13(22)6-10-3-4-11(12(7-21)24-10)20-14(23)5-9-1-2-9/h9-12,21H,1-8H2,(H,19,22)(H,20,23)/t10-,11-,12+/m0/s1. The van der Waals surface area contributed by atoms with Crippen molar-refractivity contribution in [3.05, 3.63) is 0 Å². The van der Waals surface area contributed by atoms with Crippen LogP contribution in [0.2, 0.25) is 0 Å². The summed E-state index contributed by atoms with van der Waals surface area (Å²) in [5.74, 6) is -0.372. The van der Waals surface area contributed by atoms with Crippen molar-refractivity contribution in [2.45, 2.75) is 63.0 Å². The van der Waals surface area contributed by atoms with Crippen LogP contribution in [0.15, 0.2) is 0 Å². The van der Waals surface area contributed by atoms with E-state index in [1.54, 1.807) is 5.32 Å². The Kier molecular flexibility index (Phi) is 6.45. The molecule has 1 saturated carbocycles. The molecular weight excluding hydrogens is 329 g/mol. The number of amides is 2. The molecule has 1 aliphatic carbocycles. The molecule has 0 spiro atoms. The largest absolute Gasteiger partial charge is 0.405 e. The van der Waals surface area contributed by atoms with Crippen molar-refractivity contribution >= 4 is 11.8 Å². The van der Waals surface area contributed by atoms with Gasteiger partial charge in [0.1, 0.15) is 12.6 Å². The Morgan fingerprint density at radius 2 is 1.79 bits per heavy atom. The third-order valence-corrected chi connectivity index (χ3v) is 4.21. The lowest BCUT2D eigenvalue weighted by atomic mass is 9.96. The summed E-state index contributed by atoms with van der Waals surface area (Å²) >= 11 is 0. The number of hydrogen-bond acceptors (Lipinski definition) is 4. The maximum atomic E-state index is 12.1. The summed E-state index contributed by atoms with van der Waals surface area (Å²) in [6.07, 6.45) is -2.32. The zero-order valence-corrected chi connectivity index (χ0v) is 13.3. The van der Waals surface area contributed by atoms with Crippen molar-refractivity contribution in [2.75, 3.05) is 13.2 Å². The highest BCUT2D eigenvalue weighted by Crippen LogP contribution is 2.32. The van der Waals surface area contributed by atoms with Gasteiger partial charge in [-0.1, -0.05) is 0 Å². The van der Waals surface area contributed by atoms with Gasteiger partial charge in [0, 0.05) is 6.42 Å². The third kappa shape index (κ3) is 6.64. The van der Waals surface area contributed by atoms with Gasteiger partial charge in [0.15, 0.2) is 0 Å². The fraction of sp³-hybridized carbons (Fsp3) is 0.867. The Hall–Kier alpha value is -1.35. The number of ether oxygens (including phenoxy) is 1. The predicted octanol–water partition coefficient (Wildman–Crippen LogP) is 0.880. The number of carbonyl (C=O) groups is 2. The molecule has 0 bridgehead atoms. The van der Waals surface area contributed by atoms with Crippen LogP contribution in [-0.4, -0.2) is 54.5 Å². The molecule has 9 heteroatoms. The summed E-state index contributed by atoms with van der Waals surface area (Å²) in [7, 11) is 0. The van der Waals surface area contributed by atoms with Gasteiger partial charge >= 0.3 is 6.18 Å². The Balaban J connectivity index is 1.74. The maximum Gasteiger partial charge on any atom is 0.405 e. The van der Waals surface area contributed by atoms with E-state index in [9.17, 15) is 27.9 Å². The zero-order valence-electron chi connectivity index (χ0n) is 13.3. The van der Waals surface area contributed by atoms with Gasteiger partial charge in [-0.25, -0.2) is 0 Å². The SMILES string of the molecule is O=C(C[C@@H]1CC[C@H](NC(=O)CC2CC2)[C@@H](CO)O1)NCC(F)(F)F. The first-order valence-corrected chi connectivity index (χ1v) is 8.16. The lowest BCUT2D eigenvalue weighted by Gasteiger charge is -2.36. The number of nitrogens with one attached hydrogen (secondary N) is 2. The molecule has 1 aliphatic heterocycles. The monoisotopic (exact) mass is 352 g/mol. The molecule has 2 fully saturated rings. The second-order valence-electron chi connectivity index (χ2n) is 6.47. The van der Waals surface area contributed by atoms with Crippen molar-refractivity contribution in [1.29, 1.82) is 0 Å². The van der Waals surface area contributed by atoms with Gasteiger partial charge in [-0.05, 0) is 31.6 Å². The average molecular weight is 352 g/mol. The highest BCUT2D eigenvalue weighted by molar-refractivity contribution is 5.77. The molecule has 0 aromatic rings.